The van der Waals surface area contributed by atoms with Gasteiger partial charge in [-0.25, -0.2) is 14.5 Å². The number of nitrogens with zero attached hydrogens (tertiary/aromatic N) is 3. The average Bonchev–Trinajstić information content (AvgIpc) is 2.98. The summed E-state index contributed by atoms with van der Waals surface area (Å²) in [4.78, 5) is 32.8. The molecule has 0 aliphatic heterocycles. The Balaban J connectivity index is 1.93. The fraction of sp³-hybridized carbons (Fsp3) is 0.333. The molecule has 3 rings (SSSR count). The van der Waals surface area contributed by atoms with Crippen LogP contribution >= 0.6 is 11.8 Å². The molecular weight excluding hydrogens is 366 g/mol. The number of hydrogen-bond acceptors (Lipinski definition) is 6. The van der Waals surface area contributed by atoms with E-state index in [1.807, 2.05) is 45.0 Å². The van der Waals surface area contributed by atoms with Crippen molar-refractivity contribution >= 4 is 23.3 Å². The Morgan fingerprint density at radius 2 is 1.96 bits per heavy atom. The molecule has 142 valence electrons. The van der Waals surface area contributed by atoms with Gasteiger partial charge in [0.15, 0.2) is 16.6 Å². The van der Waals surface area contributed by atoms with Crippen LogP contribution < -0.4 is 15.6 Å². The average molecular weight is 387 g/mol. The largest absolute Gasteiger partial charge is 0.497 e. The highest BCUT2D eigenvalue weighted by Crippen LogP contribution is 2.23. The number of carbonyl (C=O) groups is 1. The van der Waals surface area contributed by atoms with Crippen molar-refractivity contribution in [2.24, 2.45) is 0 Å². The zero-order valence-electron chi connectivity index (χ0n) is 15.6. The minimum absolute atomic E-state index is 0.111. The van der Waals surface area contributed by atoms with E-state index in [1.54, 1.807) is 7.11 Å². The lowest BCUT2D eigenvalue weighted by atomic mass is 10.1. The maximum atomic E-state index is 12.1. The number of aromatic nitrogens is 4. The standard InChI is InChI=1S/C18H21N5O3S/c1-18(2,3)21-15(25)10-27-17-20-16(11-5-7-12(26-4)8-6-11)19-13-9-14(24)22-23(13)17/h5-9H,10H2,1-4H3,(H,21,25)(H,22,24). The minimum atomic E-state index is -0.311. The molecule has 8 nitrogen and oxygen atoms in total. The van der Waals surface area contributed by atoms with Crippen molar-refractivity contribution in [3.8, 4) is 17.1 Å². The SMILES string of the molecule is COc1ccc(-c2nc(SCC(=O)NC(C)(C)C)n3[nH]c(=O)cc3n2)cc1. The van der Waals surface area contributed by atoms with E-state index < -0.39 is 0 Å². The number of ether oxygens (including phenoxy) is 1. The van der Waals surface area contributed by atoms with Crippen LogP contribution in [0.1, 0.15) is 20.8 Å². The molecule has 2 aromatic heterocycles. The van der Waals surface area contributed by atoms with Gasteiger partial charge in [-0.1, -0.05) is 11.8 Å². The molecule has 2 heterocycles. The number of hydrogen-bond donors (Lipinski definition) is 2. The van der Waals surface area contributed by atoms with Crippen molar-refractivity contribution in [1.82, 2.24) is 24.9 Å². The predicted molar refractivity (Wildman–Crippen MR) is 104 cm³/mol. The first-order chi connectivity index (χ1) is 12.7. The van der Waals surface area contributed by atoms with Crippen molar-refractivity contribution < 1.29 is 9.53 Å². The van der Waals surface area contributed by atoms with Crippen LogP contribution in [-0.4, -0.2) is 43.9 Å². The molecule has 0 aliphatic rings. The normalized spacial score (nSPS) is 11.6. The van der Waals surface area contributed by atoms with E-state index >= 15 is 0 Å². The molecule has 0 fully saturated rings. The molecule has 0 saturated heterocycles. The van der Waals surface area contributed by atoms with Gasteiger partial charge in [-0.3, -0.25) is 14.7 Å². The Morgan fingerprint density at radius 1 is 1.26 bits per heavy atom. The maximum absolute atomic E-state index is 12.1. The Labute approximate surface area is 160 Å². The second kappa shape index (κ2) is 7.43. The van der Waals surface area contributed by atoms with E-state index in [4.69, 9.17) is 4.74 Å². The van der Waals surface area contributed by atoms with Crippen LogP contribution in [0, 0.1) is 0 Å². The number of fused-ring (bicyclic) bond motifs is 1. The van der Waals surface area contributed by atoms with Crippen molar-refractivity contribution in [2.45, 2.75) is 31.5 Å². The molecule has 1 amide bonds. The molecule has 1 aromatic carbocycles. The van der Waals surface area contributed by atoms with Gasteiger partial charge in [0.2, 0.25) is 5.91 Å². The summed E-state index contributed by atoms with van der Waals surface area (Å²) < 4.78 is 6.66. The maximum Gasteiger partial charge on any atom is 0.266 e. The van der Waals surface area contributed by atoms with Gasteiger partial charge in [-0.15, -0.1) is 0 Å². The van der Waals surface area contributed by atoms with Gasteiger partial charge in [0.05, 0.1) is 12.9 Å². The lowest BCUT2D eigenvalue weighted by Gasteiger charge is -2.20. The number of amides is 1. The predicted octanol–water partition coefficient (Wildman–Crippen LogP) is 2.10. The van der Waals surface area contributed by atoms with Gasteiger partial charge in [0.25, 0.3) is 5.56 Å². The number of nitrogens with one attached hydrogen (secondary N) is 2. The molecule has 27 heavy (non-hydrogen) atoms. The van der Waals surface area contributed by atoms with Crippen molar-refractivity contribution in [2.75, 3.05) is 12.9 Å². The first-order valence-corrected chi connectivity index (χ1v) is 9.32. The van der Waals surface area contributed by atoms with Gasteiger partial charge >= 0.3 is 0 Å². The number of aromatic amines is 1. The van der Waals surface area contributed by atoms with E-state index in [0.29, 0.717) is 16.6 Å². The number of benzene rings is 1. The summed E-state index contributed by atoms with van der Waals surface area (Å²) in [5.74, 6) is 1.26. The Bertz CT molecular complexity index is 1020. The Morgan fingerprint density at radius 3 is 2.59 bits per heavy atom. The number of thioether (sulfide) groups is 1. The zero-order chi connectivity index (χ0) is 19.6. The quantitative estimate of drug-likeness (QED) is 0.650. The van der Waals surface area contributed by atoms with E-state index in [0.717, 1.165) is 11.3 Å². The van der Waals surface area contributed by atoms with Crippen molar-refractivity contribution in [1.29, 1.82) is 0 Å². The summed E-state index contributed by atoms with van der Waals surface area (Å²) in [6.07, 6.45) is 0. The van der Waals surface area contributed by atoms with E-state index in [9.17, 15) is 9.59 Å². The summed E-state index contributed by atoms with van der Waals surface area (Å²) in [6, 6.07) is 8.71. The third-order valence-corrected chi connectivity index (χ3v) is 4.46. The lowest BCUT2D eigenvalue weighted by Crippen LogP contribution is -2.41. The zero-order valence-corrected chi connectivity index (χ0v) is 16.4. The molecule has 0 atom stereocenters. The van der Waals surface area contributed by atoms with Crippen molar-refractivity contribution in [3.05, 3.63) is 40.7 Å². The first kappa shape index (κ1) is 19.0. The van der Waals surface area contributed by atoms with Gasteiger partial charge in [-0.05, 0) is 45.0 Å². The highest BCUT2D eigenvalue weighted by Gasteiger charge is 2.16. The minimum Gasteiger partial charge on any atom is -0.497 e. The third-order valence-electron chi connectivity index (χ3n) is 3.52. The van der Waals surface area contributed by atoms with E-state index in [-0.39, 0.29) is 22.8 Å². The van der Waals surface area contributed by atoms with Crippen LogP contribution in [-0.2, 0) is 4.79 Å². The summed E-state index contributed by atoms with van der Waals surface area (Å²) in [6.45, 7) is 5.76. The Hall–Kier alpha value is -2.81. The number of carbonyl (C=O) groups excluding carboxylic acids is 1. The second-order valence-corrected chi connectivity index (χ2v) is 7.90. The summed E-state index contributed by atoms with van der Waals surface area (Å²) in [5, 5.41) is 6.05. The van der Waals surface area contributed by atoms with E-state index in [2.05, 4.69) is 20.4 Å². The number of H-pyrrole nitrogens is 1. The molecule has 0 spiro atoms. The summed E-state index contributed by atoms with van der Waals surface area (Å²) in [5.41, 5.74) is 0.638. The molecule has 0 radical (unpaired) electrons. The second-order valence-electron chi connectivity index (χ2n) is 6.96. The molecule has 0 aliphatic carbocycles. The molecule has 0 saturated carbocycles. The van der Waals surface area contributed by atoms with Gasteiger partial charge in [0.1, 0.15) is 5.75 Å². The lowest BCUT2D eigenvalue weighted by molar-refractivity contribution is -0.119. The molecular formula is C18H21N5O3S. The molecule has 3 aromatic rings. The van der Waals surface area contributed by atoms with E-state index in [1.165, 1.54) is 22.3 Å². The highest BCUT2D eigenvalue weighted by atomic mass is 32.2. The Kier molecular flexibility index (Phi) is 5.22. The summed E-state index contributed by atoms with van der Waals surface area (Å²) >= 11 is 1.23. The fourth-order valence-electron chi connectivity index (χ4n) is 2.43. The van der Waals surface area contributed by atoms with Gasteiger partial charge < -0.3 is 10.1 Å². The third kappa shape index (κ3) is 4.68. The van der Waals surface area contributed by atoms with Crippen LogP contribution in [0.15, 0.2) is 40.3 Å². The smallest absolute Gasteiger partial charge is 0.266 e. The molecule has 2 N–H and O–H groups in total. The number of rotatable bonds is 5. The van der Waals surface area contributed by atoms with Crippen LogP contribution in [0.4, 0.5) is 0 Å². The van der Waals surface area contributed by atoms with Gasteiger partial charge in [-0.2, -0.15) is 0 Å². The molecule has 0 bridgehead atoms. The van der Waals surface area contributed by atoms with Gasteiger partial charge in [0, 0.05) is 17.2 Å². The van der Waals surface area contributed by atoms with Crippen LogP contribution in [0.3, 0.4) is 0 Å². The number of methoxy groups -OCH3 is 1. The van der Waals surface area contributed by atoms with Crippen LogP contribution in [0.25, 0.3) is 17.0 Å². The first-order valence-electron chi connectivity index (χ1n) is 8.33. The molecule has 0 unspecified atom stereocenters. The van der Waals surface area contributed by atoms with Crippen LogP contribution in [0.2, 0.25) is 0 Å². The van der Waals surface area contributed by atoms with Crippen molar-refractivity contribution in [3.63, 3.8) is 0 Å². The monoisotopic (exact) mass is 387 g/mol. The summed E-state index contributed by atoms with van der Waals surface area (Å²) in [7, 11) is 1.60. The fourth-order valence-corrected chi connectivity index (χ4v) is 3.19. The highest BCUT2D eigenvalue weighted by molar-refractivity contribution is 7.99. The van der Waals surface area contributed by atoms with Crippen LogP contribution in [0.5, 0.6) is 5.75 Å². The topological polar surface area (TPSA) is 101 Å². The molecule has 9 heteroatoms.